The van der Waals surface area contributed by atoms with E-state index in [1.54, 1.807) is 6.20 Å². The summed E-state index contributed by atoms with van der Waals surface area (Å²) in [5, 5.41) is 18.4. The minimum atomic E-state index is -1.44. The molecular formula is C13H22BN3O2. The van der Waals surface area contributed by atoms with Gasteiger partial charge in [0, 0.05) is 30.8 Å². The van der Waals surface area contributed by atoms with Gasteiger partial charge in [-0.2, -0.15) is 0 Å². The van der Waals surface area contributed by atoms with Crippen LogP contribution in [0.1, 0.15) is 18.4 Å². The zero-order chi connectivity index (χ0) is 14.0. The second-order valence-electron chi connectivity index (χ2n) is 5.45. The number of piperidine rings is 1. The van der Waals surface area contributed by atoms with E-state index >= 15 is 0 Å². The zero-order valence-corrected chi connectivity index (χ0v) is 11.9. The number of nitrogens with zero attached hydrogens (tertiary/aromatic N) is 3. The molecule has 19 heavy (non-hydrogen) atoms. The van der Waals surface area contributed by atoms with Crippen LogP contribution < -0.4 is 10.4 Å². The Morgan fingerprint density at radius 2 is 1.95 bits per heavy atom. The third kappa shape index (κ3) is 3.26. The van der Waals surface area contributed by atoms with Crippen LogP contribution in [0.2, 0.25) is 0 Å². The van der Waals surface area contributed by atoms with Gasteiger partial charge in [0.1, 0.15) is 5.82 Å². The zero-order valence-electron chi connectivity index (χ0n) is 11.9. The van der Waals surface area contributed by atoms with E-state index in [-0.39, 0.29) is 0 Å². The molecule has 1 aromatic heterocycles. The molecule has 2 heterocycles. The fraction of sp³-hybridized carbons (Fsp3) is 0.615. The summed E-state index contributed by atoms with van der Waals surface area (Å²) in [6.45, 7) is 3.87. The molecule has 0 amide bonds. The van der Waals surface area contributed by atoms with Crippen LogP contribution in [0.3, 0.4) is 0 Å². The van der Waals surface area contributed by atoms with E-state index in [1.807, 2.05) is 13.0 Å². The Morgan fingerprint density at radius 3 is 2.42 bits per heavy atom. The van der Waals surface area contributed by atoms with Gasteiger partial charge in [-0.15, -0.1) is 0 Å². The van der Waals surface area contributed by atoms with Crippen molar-refractivity contribution in [3.8, 4) is 0 Å². The van der Waals surface area contributed by atoms with Gasteiger partial charge in [0.2, 0.25) is 0 Å². The Labute approximate surface area is 115 Å². The van der Waals surface area contributed by atoms with E-state index in [2.05, 4.69) is 28.9 Å². The smallest absolute Gasteiger partial charge is 0.423 e. The predicted octanol–water partition coefficient (Wildman–Crippen LogP) is -0.400. The summed E-state index contributed by atoms with van der Waals surface area (Å²) in [4.78, 5) is 8.89. The van der Waals surface area contributed by atoms with Gasteiger partial charge in [-0.25, -0.2) is 4.98 Å². The third-order valence-corrected chi connectivity index (χ3v) is 3.93. The second-order valence-corrected chi connectivity index (χ2v) is 5.45. The van der Waals surface area contributed by atoms with Crippen molar-refractivity contribution in [1.29, 1.82) is 0 Å². The van der Waals surface area contributed by atoms with Gasteiger partial charge in [-0.3, -0.25) is 0 Å². The van der Waals surface area contributed by atoms with E-state index in [0.29, 0.717) is 11.5 Å². The Morgan fingerprint density at radius 1 is 1.32 bits per heavy atom. The summed E-state index contributed by atoms with van der Waals surface area (Å²) in [5.74, 6) is 0.930. The van der Waals surface area contributed by atoms with E-state index in [0.717, 1.165) is 37.3 Å². The highest BCUT2D eigenvalue weighted by Gasteiger charge is 2.22. The molecule has 6 heteroatoms. The van der Waals surface area contributed by atoms with Gasteiger partial charge < -0.3 is 19.8 Å². The molecule has 0 atom stereocenters. The van der Waals surface area contributed by atoms with Crippen LogP contribution in [0.15, 0.2) is 12.3 Å². The minimum absolute atomic E-state index is 0.479. The lowest BCUT2D eigenvalue weighted by atomic mass is 9.78. The van der Waals surface area contributed by atoms with E-state index in [9.17, 15) is 10.0 Å². The summed E-state index contributed by atoms with van der Waals surface area (Å²) in [5.41, 5.74) is 1.35. The number of hydrogen-bond acceptors (Lipinski definition) is 5. The Hall–Kier alpha value is -1.11. The normalized spacial score (nSPS) is 17.1. The van der Waals surface area contributed by atoms with Crippen LogP contribution in [0.25, 0.3) is 0 Å². The fourth-order valence-electron chi connectivity index (χ4n) is 2.61. The van der Waals surface area contributed by atoms with Crippen molar-refractivity contribution < 1.29 is 10.0 Å². The molecule has 0 spiro atoms. The average Bonchev–Trinajstić information content (AvgIpc) is 2.38. The van der Waals surface area contributed by atoms with Crippen LogP contribution in [-0.2, 0) is 0 Å². The average molecular weight is 263 g/mol. The highest BCUT2D eigenvalue weighted by Crippen LogP contribution is 2.20. The van der Waals surface area contributed by atoms with Crippen molar-refractivity contribution in [3.05, 3.63) is 17.8 Å². The third-order valence-electron chi connectivity index (χ3n) is 3.93. The van der Waals surface area contributed by atoms with Crippen molar-refractivity contribution in [3.63, 3.8) is 0 Å². The number of rotatable bonds is 3. The number of hydrogen-bond donors (Lipinski definition) is 2. The van der Waals surface area contributed by atoms with Crippen LogP contribution in [-0.4, -0.2) is 60.3 Å². The molecule has 0 unspecified atom stereocenters. The standard InChI is InChI=1S/C13H22BN3O2/c1-10-8-13(15-9-12(10)14(18)19)17-6-4-11(5-7-17)16(2)3/h8-9,11,18-19H,4-7H2,1-3H3. The molecule has 2 rings (SSSR count). The molecule has 0 aliphatic carbocycles. The maximum Gasteiger partial charge on any atom is 0.490 e. The monoisotopic (exact) mass is 263 g/mol. The SMILES string of the molecule is Cc1cc(N2CCC(N(C)C)CC2)ncc1B(O)O. The molecule has 0 saturated carbocycles. The first kappa shape index (κ1) is 14.3. The molecule has 2 N–H and O–H groups in total. The molecule has 1 aromatic rings. The summed E-state index contributed by atoms with van der Waals surface area (Å²) < 4.78 is 0. The van der Waals surface area contributed by atoms with Crippen molar-refractivity contribution >= 4 is 18.4 Å². The summed E-state index contributed by atoms with van der Waals surface area (Å²) in [7, 11) is 2.81. The van der Waals surface area contributed by atoms with Crippen molar-refractivity contribution in [1.82, 2.24) is 9.88 Å². The van der Waals surface area contributed by atoms with Crippen LogP contribution >= 0.6 is 0 Å². The van der Waals surface area contributed by atoms with Gasteiger partial charge >= 0.3 is 7.12 Å². The van der Waals surface area contributed by atoms with Crippen molar-refractivity contribution in [2.75, 3.05) is 32.1 Å². The predicted molar refractivity (Wildman–Crippen MR) is 77.7 cm³/mol. The Kier molecular flexibility index (Phi) is 4.44. The lowest BCUT2D eigenvalue weighted by Gasteiger charge is -2.36. The van der Waals surface area contributed by atoms with Crippen LogP contribution in [0.5, 0.6) is 0 Å². The van der Waals surface area contributed by atoms with E-state index in [1.165, 1.54) is 0 Å². The maximum absolute atomic E-state index is 9.20. The summed E-state index contributed by atoms with van der Waals surface area (Å²) >= 11 is 0. The van der Waals surface area contributed by atoms with E-state index < -0.39 is 7.12 Å². The molecule has 0 bridgehead atoms. The Bertz CT molecular complexity index is 432. The molecule has 1 aliphatic rings. The first-order valence-electron chi connectivity index (χ1n) is 6.73. The topological polar surface area (TPSA) is 59.8 Å². The number of aryl methyl sites for hydroxylation is 1. The number of pyridine rings is 1. The van der Waals surface area contributed by atoms with Gasteiger partial charge in [-0.05, 0) is 45.5 Å². The Balaban J connectivity index is 2.06. The summed E-state index contributed by atoms with van der Waals surface area (Å²) in [6.07, 6.45) is 3.84. The second kappa shape index (κ2) is 5.90. The largest absolute Gasteiger partial charge is 0.490 e. The first-order valence-corrected chi connectivity index (χ1v) is 6.73. The van der Waals surface area contributed by atoms with Crippen LogP contribution in [0.4, 0.5) is 5.82 Å². The number of aromatic nitrogens is 1. The van der Waals surface area contributed by atoms with Crippen molar-refractivity contribution in [2.45, 2.75) is 25.8 Å². The molecule has 1 aliphatic heterocycles. The molecular weight excluding hydrogens is 241 g/mol. The summed E-state index contributed by atoms with van der Waals surface area (Å²) in [6, 6.07) is 2.58. The van der Waals surface area contributed by atoms with Gasteiger partial charge in [0.25, 0.3) is 0 Å². The lowest BCUT2D eigenvalue weighted by molar-refractivity contribution is 0.249. The number of anilines is 1. The van der Waals surface area contributed by atoms with Gasteiger partial charge in [0.15, 0.2) is 0 Å². The van der Waals surface area contributed by atoms with Gasteiger partial charge in [0.05, 0.1) is 0 Å². The molecule has 5 nitrogen and oxygen atoms in total. The lowest BCUT2D eigenvalue weighted by Crippen LogP contribution is -2.42. The highest BCUT2D eigenvalue weighted by atomic mass is 16.4. The molecule has 1 saturated heterocycles. The fourth-order valence-corrected chi connectivity index (χ4v) is 2.61. The van der Waals surface area contributed by atoms with E-state index in [4.69, 9.17) is 0 Å². The van der Waals surface area contributed by atoms with Crippen molar-refractivity contribution in [2.24, 2.45) is 0 Å². The highest BCUT2D eigenvalue weighted by molar-refractivity contribution is 6.59. The molecule has 0 aromatic carbocycles. The molecule has 0 radical (unpaired) electrons. The molecule has 104 valence electrons. The van der Waals surface area contributed by atoms with Crippen LogP contribution in [0, 0.1) is 6.92 Å². The first-order chi connectivity index (χ1) is 8.99. The molecule has 1 fully saturated rings. The quantitative estimate of drug-likeness (QED) is 0.727. The van der Waals surface area contributed by atoms with Gasteiger partial charge in [-0.1, -0.05) is 0 Å². The maximum atomic E-state index is 9.20. The minimum Gasteiger partial charge on any atom is -0.423 e.